The highest BCUT2D eigenvalue weighted by molar-refractivity contribution is 5.80. The van der Waals surface area contributed by atoms with Gasteiger partial charge in [0.15, 0.2) is 0 Å². The van der Waals surface area contributed by atoms with E-state index in [4.69, 9.17) is 4.74 Å². The summed E-state index contributed by atoms with van der Waals surface area (Å²) in [5.74, 6) is 0. The number of fused-ring (bicyclic) bond motifs is 1. The summed E-state index contributed by atoms with van der Waals surface area (Å²) in [7, 11) is 0. The molecule has 0 radical (unpaired) electrons. The van der Waals surface area contributed by atoms with Gasteiger partial charge in [-0.2, -0.15) is 5.26 Å². The number of aryl methyl sites for hydroxylation is 1. The van der Waals surface area contributed by atoms with Gasteiger partial charge >= 0.3 is 0 Å². The zero-order valence-corrected chi connectivity index (χ0v) is 9.60. The van der Waals surface area contributed by atoms with E-state index >= 15 is 0 Å². The molecule has 0 atom stereocenters. The molecule has 84 valence electrons. The van der Waals surface area contributed by atoms with Gasteiger partial charge in [-0.25, -0.2) is 0 Å². The number of aromatic nitrogens is 1. The van der Waals surface area contributed by atoms with Crippen LogP contribution >= 0.6 is 0 Å². The van der Waals surface area contributed by atoms with E-state index in [2.05, 4.69) is 23.2 Å². The Morgan fingerprint density at radius 1 is 1.35 bits per heavy atom. The van der Waals surface area contributed by atoms with Gasteiger partial charge in [0.1, 0.15) is 5.41 Å². The molecule has 0 amide bonds. The number of hydrogen-bond acceptors (Lipinski definition) is 3. The van der Waals surface area contributed by atoms with Crippen LogP contribution < -0.4 is 0 Å². The number of pyridine rings is 1. The molecule has 1 aliphatic rings. The number of rotatable bonds is 1. The van der Waals surface area contributed by atoms with Gasteiger partial charge in [-0.15, -0.1) is 0 Å². The van der Waals surface area contributed by atoms with Crippen LogP contribution in [0.4, 0.5) is 0 Å². The Hall–Kier alpha value is -1.92. The van der Waals surface area contributed by atoms with Crippen LogP contribution in [-0.2, 0) is 10.2 Å². The second kappa shape index (κ2) is 3.54. The van der Waals surface area contributed by atoms with Gasteiger partial charge in [0.2, 0.25) is 0 Å². The van der Waals surface area contributed by atoms with Crippen LogP contribution in [0.15, 0.2) is 30.5 Å². The van der Waals surface area contributed by atoms with E-state index in [1.54, 1.807) is 0 Å². The SMILES string of the molecule is Cc1cnc2ccc(C3(C#N)COC3)cc2c1. The van der Waals surface area contributed by atoms with E-state index in [9.17, 15) is 5.26 Å². The van der Waals surface area contributed by atoms with Crippen molar-refractivity contribution in [2.24, 2.45) is 0 Å². The van der Waals surface area contributed by atoms with Crippen LogP contribution in [0.1, 0.15) is 11.1 Å². The number of nitrogens with zero attached hydrogens (tertiary/aromatic N) is 2. The second-order valence-corrected chi connectivity index (χ2v) is 4.61. The van der Waals surface area contributed by atoms with Crippen LogP contribution in [0.2, 0.25) is 0 Å². The molecule has 3 rings (SSSR count). The molecule has 1 aliphatic heterocycles. The summed E-state index contributed by atoms with van der Waals surface area (Å²) in [6.07, 6.45) is 1.86. The fraction of sp³-hybridized carbons (Fsp3) is 0.286. The van der Waals surface area contributed by atoms with Crippen molar-refractivity contribution in [2.75, 3.05) is 13.2 Å². The molecule has 1 aromatic heterocycles. The Kier molecular flexibility index (Phi) is 2.13. The lowest BCUT2D eigenvalue weighted by atomic mass is 9.80. The third-order valence-corrected chi connectivity index (χ3v) is 3.28. The Bertz CT molecular complexity index is 624. The molecule has 3 heteroatoms. The van der Waals surface area contributed by atoms with Crippen molar-refractivity contribution >= 4 is 10.9 Å². The summed E-state index contributed by atoms with van der Waals surface area (Å²) in [5.41, 5.74) is 2.68. The highest BCUT2D eigenvalue weighted by atomic mass is 16.5. The van der Waals surface area contributed by atoms with E-state index in [1.165, 1.54) is 0 Å². The molecular weight excluding hydrogens is 212 g/mol. The summed E-state index contributed by atoms with van der Waals surface area (Å²) >= 11 is 0. The van der Waals surface area contributed by atoms with E-state index in [-0.39, 0.29) is 0 Å². The summed E-state index contributed by atoms with van der Waals surface area (Å²) in [5, 5.41) is 10.4. The molecule has 1 saturated heterocycles. The molecule has 0 spiro atoms. The number of ether oxygens (including phenoxy) is 1. The van der Waals surface area contributed by atoms with Crippen molar-refractivity contribution in [2.45, 2.75) is 12.3 Å². The molecule has 1 aromatic carbocycles. The Labute approximate surface area is 99.7 Å². The fourth-order valence-electron chi connectivity index (χ4n) is 2.14. The standard InChI is InChI=1S/C14H12N2O/c1-10-4-11-5-12(2-3-13(11)16-6-10)14(7-15)8-17-9-14/h2-6H,8-9H2,1H3. The Morgan fingerprint density at radius 3 is 2.82 bits per heavy atom. The number of hydrogen-bond donors (Lipinski definition) is 0. The maximum atomic E-state index is 9.27. The monoisotopic (exact) mass is 224 g/mol. The lowest BCUT2D eigenvalue weighted by Crippen LogP contribution is -2.45. The zero-order valence-electron chi connectivity index (χ0n) is 9.60. The molecular formula is C14H12N2O. The van der Waals surface area contributed by atoms with Crippen LogP contribution in [0.3, 0.4) is 0 Å². The summed E-state index contributed by atoms with van der Waals surface area (Å²) in [4.78, 5) is 4.36. The van der Waals surface area contributed by atoms with Gasteiger partial charge in [-0.3, -0.25) is 4.98 Å². The van der Waals surface area contributed by atoms with E-state index < -0.39 is 5.41 Å². The van der Waals surface area contributed by atoms with Crippen molar-refractivity contribution in [1.29, 1.82) is 5.26 Å². The summed E-state index contributed by atoms with van der Waals surface area (Å²) in [6, 6.07) is 10.5. The van der Waals surface area contributed by atoms with Gasteiger partial charge < -0.3 is 4.74 Å². The van der Waals surface area contributed by atoms with Crippen LogP contribution in [-0.4, -0.2) is 18.2 Å². The highest BCUT2D eigenvalue weighted by Gasteiger charge is 2.40. The first-order valence-electron chi connectivity index (χ1n) is 5.59. The molecule has 0 saturated carbocycles. The first kappa shape index (κ1) is 10.2. The molecule has 0 aliphatic carbocycles. The topological polar surface area (TPSA) is 45.9 Å². The average molecular weight is 224 g/mol. The smallest absolute Gasteiger partial charge is 0.129 e. The normalized spacial score (nSPS) is 17.4. The van der Waals surface area contributed by atoms with Crippen molar-refractivity contribution in [3.05, 3.63) is 41.6 Å². The van der Waals surface area contributed by atoms with Gasteiger partial charge in [-0.1, -0.05) is 6.07 Å². The van der Waals surface area contributed by atoms with Crippen LogP contribution in [0, 0.1) is 18.3 Å². The first-order chi connectivity index (χ1) is 8.23. The third kappa shape index (κ3) is 1.49. The predicted molar refractivity (Wildman–Crippen MR) is 64.6 cm³/mol. The lowest BCUT2D eigenvalue weighted by Gasteiger charge is -2.35. The summed E-state index contributed by atoms with van der Waals surface area (Å²) < 4.78 is 5.18. The Balaban J connectivity index is 2.16. The van der Waals surface area contributed by atoms with Crippen molar-refractivity contribution in [3.8, 4) is 6.07 Å². The van der Waals surface area contributed by atoms with Gasteiger partial charge in [0.25, 0.3) is 0 Å². The highest BCUT2D eigenvalue weighted by Crippen LogP contribution is 2.33. The van der Waals surface area contributed by atoms with Gasteiger partial charge in [0.05, 0.1) is 24.8 Å². The fourth-order valence-corrected chi connectivity index (χ4v) is 2.14. The maximum absolute atomic E-state index is 9.27. The van der Waals surface area contributed by atoms with E-state index in [0.717, 1.165) is 22.0 Å². The van der Waals surface area contributed by atoms with Gasteiger partial charge in [-0.05, 0) is 36.2 Å². The molecule has 1 fully saturated rings. The first-order valence-corrected chi connectivity index (χ1v) is 5.59. The third-order valence-electron chi connectivity index (χ3n) is 3.28. The minimum absolute atomic E-state index is 0.446. The molecule has 0 bridgehead atoms. The quantitative estimate of drug-likeness (QED) is 0.746. The molecule has 0 N–H and O–H groups in total. The summed E-state index contributed by atoms with van der Waals surface area (Å²) in [6.45, 7) is 3.01. The minimum Gasteiger partial charge on any atom is -0.377 e. The molecule has 3 nitrogen and oxygen atoms in total. The zero-order chi connectivity index (χ0) is 11.9. The lowest BCUT2D eigenvalue weighted by molar-refractivity contribution is -0.0297. The van der Waals surface area contributed by atoms with Crippen LogP contribution in [0.5, 0.6) is 0 Å². The molecule has 2 heterocycles. The van der Waals surface area contributed by atoms with E-state index in [1.807, 2.05) is 25.3 Å². The van der Waals surface area contributed by atoms with Crippen LogP contribution in [0.25, 0.3) is 10.9 Å². The predicted octanol–water partition coefficient (Wildman–Crippen LogP) is 2.33. The van der Waals surface area contributed by atoms with Crippen molar-refractivity contribution in [1.82, 2.24) is 4.98 Å². The van der Waals surface area contributed by atoms with Gasteiger partial charge in [0, 0.05) is 11.6 Å². The minimum atomic E-state index is -0.446. The van der Waals surface area contributed by atoms with Crippen molar-refractivity contribution in [3.63, 3.8) is 0 Å². The number of benzene rings is 1. The van der Waals surface area contributed by atoms with E-state index in [0.29, 0.717) is 13.2 Å². The molecule has 0 unspecified atom stereocenters. The molecule has 17 heavy (non-hydrogen) atoms. The van der Waals surface area contributed by atoms with Crippen molar-refractivity contribution < 1.29 is 4.74 Å². The molecule has 2 aromatic rings. The average Bonchev–Trinajstić information content (AvgIpc) is 2.28. The second-order valence-electron chi connectivity index (χ2n) is 4.61. The largest absolute Gasteiger partial charge is 0.377 e. The Morgan fingerprint density at radius 2 is 2.18 bits per heavy atom. The number of nitriles is 1. The maximum Gasteiger partial charge on any atom is 0.129 e.